The number of piperazine rings is 1. The average Bonchev–Trinajstić information content (AvgIpc) is 3.30. The molecule has 182 valence electrons. The molecule has 0 spiro atoms. The van der Waals surface area contributed by atoms with E-state index in [0.717, 1.165) is 56.0 Å². The van der Waals surface area contributed by atoms with Crippen LogP contribution in [0.2, 0.25) is 0 Å². The molecule has 0 saturated carbocycles. The molecule has 8 nitrogen and oxygen atoms in total. The van der Waals surface area contributed by atoms with E-state index in [9.17, 15) is 9.59 Å². The number of carbonyl (C=O) groups is 1. The first kappa shape index (κ1) is 24.0. The Kier molecular flexibility index (Phi) is 7.36. The zero-order valence-corrected chi connectivity index (χ0v) is 20.7. The molecular weight excluding hydrogens is 430 g/mol. The summed E-state index contributed by atoms with van der Waals surface area (Å²) in [6.07, 6.45) is 1.88. The molecule has 8 heteroatoms. The fraction of sp³-hybridized carbons (Fsp3) is 0.500. The van der Waals surface area contributed by atoms with Gasteiger partial charge in [0.15, 0.2) is 0 Å². The highest BCUT2D eigenvalue weighted by Crippen LogP contribution is 2.29. The Labute approximate surface area is 200 Å². The van der Waals surface area contributed by atoms with Crippen molar-refractivity contribution in [3.05, 3.63) is 51.9 Å². The van der Waals surface area contributed by atoms with Crippen molar-refractivity contribution in [3.8, 4) is 17.0 Å². The minimum atomic E-state index is -0.154. The summed E-state index contributed by atoms with van der Waals surface area (Å²) < 4.78 is 9.06. The zero-order valence-electron chi connectivity index (χ0n) is 20.7. The van der Waals surface area contributed by atoms with Crippen LogP contribution < -0.4 is 10.3 Å². The molecule has 1 fully saturated rings. The summed E-state index contributed by atoms with van der Waals surface area (Å²) in [5.41, 5.74) is 3.67. The van der Waals surface area contributed by atoms with Crippen molar-refractivity contribution >= 4 is 11.6 Å². The SMILES string of the molecule is CCCN1CCN(C(=O)CCc2c(C)n(CC)c3cc(-c4ccccc4OC)nn3c2=O)CC1. The summed E-state index contributed by atoms with van der Waals surface area (Å²) in [6, 6.07) is 9.59. The maximum Gasteiger partial charge on any atom is 0.277 e. The fourth-order valence-corrected chi connectivity index (χ4v) is 4.93. The maximum absolute atomic E-state index is 13.4. The van der Waals surface area contributed by atoms with Gasteiger partial charge in [-0.25, -0.2) is 0 Å². The molecule has 1 saturated heterocycles. The summed E-state index contributed by atoms with van der Waals surface area (Å²) in [7, 11) is 1.63. The van der Waals surface area contributed by atoms with Gasteiger partial charge in [-0.3, -0.25) is 14.5 Å². The minimum absolute atomic E-state index is 0.119. The van der Waals surface area contributed by atoms with Gasteiger partial charge in [-0.05, 0) is 45.4 Å². The number of aryl methyl sites for hydroxylation is 1. The summed E-state index contributed by atoms with van der Waals surface area (Å²) in [6.45, 7) is 11.3. The number of rotatable bonds is 8. The molecule has 3 aromatic rings. The molecule has 2 aromatic heterocycles. The van der Waals surface area contributed by atoms with E-state index in [1.165, 1.54) is 4.52 Å². The number of carbonyl (C=O) groups excluding carboxylic acids is 1. The molecule has 34 heavy (non-hydrogen) atoms. The number of hydrogen-bond acceptors (Lipinski definition) is 5. The van der Waals surface area contributed by atoms with Crippen molar-refractivity contribution in [1.82, 2.24) is 24.0 Å². The van der Waals surface area contributed by atoms with E-state index in [1.807, 2.05) is 42.2 Å². The van der Waals surface area contributed by atoms with Crippen molar-refractivity contribution in [2.24, 2.45) is 0 Å². The maximum atomic E-state index is 13.4. The van der Waals surface area contributed by atoms with Gasteiger partial charge >= 0.3 is 0 Å². The van der Waals surface area contributed by atoms with Crippen LogP contribution in [-0.2, 0) is 17.8 Å². The third-order valence-corrected chi connectivity index (χ3v) is 6.81. The van der Waals surface area contributed by atoms with Crippen molar-refractivity contribution in [3.63, 3.8) is 0 Å². The molecule has 1 amide bonds. The number of ether oxygens (including phenoxy) is 1. The Hall–Kier alpha value is -3.13. The lowest BCUT2D eigenvalue weighted by atomic mass is 10.1. The lowest BCUT2D eigenvalue weighted by Gasteiger charge is -2.34. The number of aromatic nitrogens is 3. The summed E-state index contributed by atoms with van der Waals surface area (Å²) in [4.78, 5) is 30.7. The third kappa shape index (κ3) is 4.59. The molecule has 0 aliphatic carbocycles. The fourth-order valence-electron chi connectivity index (χ4n) is 4.93. The molecule has 1 aliphatic rings. The predicted molar refractivity (Wildman–Crippen MR) is 133 cm³/mol. The Morgan fingerprint density at radius 3 is 2.53 bits per heavy atom. The number of fused-ring (bicyclic) bond motifs is 1. The zero-order chi connectivity index (χ0) is 24.2. The van der Waals surface area contributed by atoms with Crippen LogP contribution in [0.25, 0.3) is 16.9 Å². The van der Waals surface area contributed by atoms with Crippen LogP contribution in [0.3, 0.4) is 0 Å². The largest absolute Gasteiger partial charge is 0.496 e. The van der Waals surface area contributed by atoms with Crippen molar-refractivity contribution in [1.29, 1.82) is 0 Å². The topological polar surface area (TPSA) is 72.1 Å². The van der Waals surface area contributed by atoms with Crippen LogP contribution in [0.4, 0.5) is 0 Å². The number of benzene rings is 1. The second-order valence-electron chi connectivity index (χ2n) is 8.84. The summed E-state index contributed by atoms with van der Waals surface area (Å²) in [5, 5.41) is 4.65. The highest BCUT2D eigenvalue weighted by atomic mass is 16.5. The van der Waals surface area contributed by atoms with E-state index in [-0.39, 0.29) is 11.5 Å². The van der Waals surface area contributed by atoms with Crippen molar-refractivity contribution < 1.29 is 9.53 Å². The number of nitrogens with zero attached hydrogens (tertiary/aromatic N) is 5. The Morgan fingerprint density at radius 1 is 1.12 bits per heavy atom. The first-order valence-electron chi connectivity index (χ1n) is 12.2. The lowest BCUT2D eigenvalue weighted by molar-refractivity contribution is -0.132. The van der Waals surface area contributed by atoms with Gasteiger partial charge in [-0.15, -0.1) is 0 Å². The molecule has 0 bridgehead atoms. The number of methoxy groups -OCH3 is 1. The quantitative estimate of drug-likeness (QED) is 0.512. The Balaban J connectivity index is 1.60. The second kappa shape index (κ2) is 10.4. The van der Waals surface area contributed by atoms with Gasteiger partial charge in [-0.1, -0.05) is 19.1 Å². The number of para-hydroxylation sites is 1. The predicted octanol–water partition coefficient (Wildman–Crippen LogP) is 2.99. The van der Waals surface area contributed by atoms with Crippen LogP contribution in [0, 0.1) is 6.92 Å². The van der Waals surface area contributed by atoms with Gasteiger partial charge in [0.2, 0.25) is 5.91 Å². The highest BCUT2D eigenvalue weighted by Gasteiger charge is 2.22. The molecule has 1 aliphatic heterocycles. The Morgan fingerprint density at radius 2 is 1.85 bits per heavy atom. The lowest BCUT2D eigenvalue weighted by Crippen LogP contribution is -2.48. The summed E-state index contributed by atoms with van der Waals surface area (Å²) >= 11 is 0. The van der Waals surface area contributed by atoms with Gasteiger partial charge < -0.3 is 14.2 Å². The van der Waals surface area contributed by atoms with Crippen LogP contribution in [0.5, 0.6) is 5.75 Å². The van der Waals surface area contributed by atoms with E-state index < -0.39 is 0 Å². The standard InChI is InChI=1S/C26H35N5O3/c1-5-13-28-14-16-29(17-15-28)25(32)12-11-20-19(3)30(6-2)24-18-22(27-31(24)26(20)33)21-9-7-8-10-23(21)34-4/h7-10,18H,5-6,11-17H2,1-4H3. The first-order valence-corrected chi connectivity index (χ1v) is 12.2. The molecular formula is C26H35N5O3. The molecule has 3 heterocycles. The van der Waals surface area contributed by atoms with Crippen molar-refractivity contribution in [2.45, 2.75) is 46.6 Å². The molecule has 0 atom stereocenters. The van der Waals surface area contributed by atoms with E-state index in [1.54, 1.807) is 7.11 Å². The molecule has 4 rings (SSSR count). The van der Waals surface area contributed by atoms with Crippen LogP contribution in [0.1, 0.15) is 37.9 Å². The molecule has 0 unspecified atom stereocenters. The average molecular weight is 466 g/mol. The molecule has 0 radical (unpaired) electrons. The van der Waals surface area contributed by atoms with Gasteiger partial charge in [0, 0.05) is 62.0 Å². The van der Waals surface area contributed by atoms with Crippen LogP contribution >= 0.6 is 0 Å². The second-order valence-corrected chi connectivity index (χ2v) is 8.84. The molecule has 1 aromatic carbocycles. The van der Waals surface area contributed by atoms with E-state index >= 15 is 0 Å². The highest BCUT2D eigenvalue weighted by molar-refractivity contribution is 5.76. The number of hydrogen-bond donors (Lipinski definition) is 0. The normalized spacial score (nSPS) is 14.6. The van der Waals surface area contributed by atoms with Gasteiger partial charge in [0.25, 0.3) is 5.56 Å². The van der Waals surface area contributed by atoms with E-state index in [0.29, 0.717) is 36.4 Å². The van der Waals surface area contributed by atoms with Crippen LogP contribution in [0.15, 0.2) is 35.1 Å². The first-order chi connectivity index (χ1) is 16.5. The monoisotopic (exact) mass is 465 g/mol. The van der Waals surface area contributed by atoms with Gasteiger partial charge in [-0.2, -0.15) is 9.61 Å². The van der Waals surface area contributed by atoms with E-state index in [4.69, 9.17) is 4.74 Å². The van der Waals surface area contributed by atoms with Crippen molar-refractivity contribution in [2.75, 3.05) is 39.8 Å². The Bertz CT molecular complexity index is 1220. The van der Waals surface area contributed by atoms with Gasteiger partial charge in [0.1, 0.15) is 11.4 Å². The smallest absolute Gasteiger partial charge is 0.277 e. The van der Waals surface area contributed by atoms with E-state index in [2.05, 4.69) is 28.4 Å². The van der Waals surface area contributed by atoms with Gasteiger partial charge in [0.05, 0.1) is 12.8 Å². The minimum Gasteiger partial charge on any atom is -0.496 e. The molecule has 0 N–H and O–H groups in total. The number of amides is 1. The third-order valence-electron chi connectivity index (χ3n) is 6.81. The summed E-state index contributed by atoms with van der Waals surface area (Å²) in [5.74, 6) is 0.830. The van der Waals surface area contributed by atoms with Crippen LogP contribution in [-0.4, -0.2) is 69.7 Å².